The highest BCUT2D eigenvalue weighted by Gasteiger charge is 2.29. The van der Waals surface area contributed by atoms with Gasteiger partial charge in [-0.05, 0) is 32.6 Å². The SMILES string of the molecule is CCC(CC)N(CCO)c1nc(C2CC2)nc(Cl)c1C. The zero-order valence-electron chi connectivity index (χ0n) is 12.6. The lowest BCUT2D eigenvalue weighted by Crippen LogP contribution is -2.38. The molecule has 1 aromatic rings. The summed E-state index contributed by atoms with van der Waals surface area (Å²) in [5.41, 5.74) is 0.913. The first-order valence-corrected chi connectivity index (χ1v) is 7.91. The van der Waals surface area contributed by atoms with Crippen LogP contribution in [0.5, 0.6) is 0 Å². The second kappa shape index (κ2) is 6.72. The van der Waals surface area contributed by atoms with Gasteiger partial charge in [0, 0.05) is 24.1 Å². The van der Waals surface area contributed by atoms with Crippen LogP contribution >= 0.6 is 11.6 Å². The normalized spacial score (nSPS) is 14.9. The van der Waals surface area contributed by atoms with Crippen LogP contribution in [0.15, 0.2) is 0 Å². The summed E-state index contributed by atoms with van der Waals surface area (Å²) >= 11 is 6.29. The monoisotopic (exact) mass is 297 g/mol. The minimum Gasteiger partial charge on any atom is -0.395 e. The number of hydrogen-bond acceptors (Lipinski definition) is 4. The molecule has 1 saturated carbocycles. The first-order valence-electron chi connectivity index (χ1n) is 7.53. The molecule has 0 spiro atoms. The molecular formula is C15H24ClN3O. The molecule has 4 nitrogen and oxygen atoms in total. The zero-order valence-corrected chi connectivity index (χ0v) is 13.3. The Labute approximate surface area is 126 Å². The molecule has 2 rings (SSSR count). The Morgan fingerprint density at radius 1 is 1.30 bits per heavy atom. The maximum absolute atomic E-state index is 9.37. The van der Waals surface area contributed by atoms with Crippen LogP contribution in [0.4, 0.5) is 5.82 Å². The summed E-state index contributed by atoms with van der Waals surface area (Å²) in [6.07, 6.45) is 4.36. The number of aromatic nitrogens is 2. The predicted octanol–water partition coefficient (Wildman–Crippen LogP) is 3.30. The summed E-state index contributed by atoms with van der Waals surface area (Å²) in [5.74, 6) is 2.24. The summed E-state index contributed by atoms with van der Waals surface area (Å²) in [6.45, 7) is 7.00. The van der Waals surface area contributed by atoms with Crippen molar-refractivity contribution < 1.29 is 5.11 Å². The summed E-state index contributed by atoms with van der Waals surface area (Å²) in [5, 5.41) is 9.92. The van der Waals surface area contributed by atoms with E-state index in [1.165, 1.54) is 0 Å². The van der Waals surface area contributed by atoms with Crippen molar-refractivity contribution in [3.63, 3.8) is 0 Å². The third kappa shape index (κ3) is 3.23. The third-order valence-electron chi connectivity index (χ3n) is 4.02. The highest BCUT2D eigenvalue weighted by molar-refractivity contribution is 6.30. The van der Waals surface area contributed by atoms with Crippen molar-refractivity contribution in [2.75, 3.05) is 18.1 Å². The molecule has 0 aromatic carbocycles. The number of aliphatic hydroxyl groups is 1. The molecule has 0 aliphatic heterocycles. The number of anilines is 1. The summed E-state index contributed by atoms with van der Waals surface area (Å²) in [7, 11) is 0. The molecule has 1 aliphatic carbocycles. The van der Waals surface area contributed by atoms with E-state index in [1.54, 1.807) is 0 Å². The highest BCUT2D eigenvalue weighted by Crippen LogP contribution is 2.40. The van der Waals surface area contributed by atoms with Crippen LogP contribution < -0.4 is 4.90 Å². The maximum Gasteiger partial charge on any atom is 0.137 e. The van der Waals surface area contributed by atoms with Gasteiger partial charge in [0.2, 0.25) is 0 Å². The first kappa shape index (κ1) is 15.5. The molecule has 1 fully saturated rings. The molecule has 1 heterocycles. The highest BCUT2D eigenvalue weighted by atomic mass is 35.5. The number of rotatable bonds is 7. The smallest absolute Gasteiger partial charge is 0.137 e. The van der Waals surface area contributed by atoms with Crippen LogP contribution in [-0.2, 0) is 0 Å². The Morgan fingerprint density at radius 2 is 1.95 bits per heavy atom. The van der Waals surface area contributed by atoms with Gasteiger partial charge in [-0.2, -0.15) is 0 Å². The number of halogens is 1. The van der Waals surface area contributed by atoms with Gasteiger partial charge in [0.25, 0.3) is 0 Å². The van der Waals surface area contributed by atoms with Crippen LogP contribution in [0.3, 0.4) is 0 Å². The Hall–Kier alpha value is -0.870. The molecule has 0 unspecified atom stereocenters. The standard InChI is InChI=1S/C15H24ClN3O/c1-4-12(5-2)19(8-9-20)15-10(3)13(16)17-14(18-15)11-6-7-11/h11-12,20H,4-9H2,1-3H3. The molecule has 0 bridgehead atoms. The Balaban J connectivity index is 2.40. The van der Waals surface area contributed by atoms with E-state index in [1.807, 2.05) is 6.92 Å². The average Bonchev–Trinajstić information content (AvgIpc) is 3.27. The van der Waals surface area contributed by atoms with Crippen LogP contribution in [0.25, 0.3) is 0 Å². The quantitative estimate of drug-likeness (QED) is 0.785. The van der Waals surface area contributed by atoms with E-state index < -0.39 is 0 Å². The average molecular weight is 298 g/mol. The third-order valence-corrected chi connectivity index (χ3v) is 4.38. The fraction of sp³-hybridized carbons (Fsp3) is 0.733. The molecule has 1 aliphatic rings. The van der Waals surface area contributed by atoms with Crippen LogP contribution in [0, 0.1) is 6.92 Å². The Morgan fingerprint density at radius 3 is 2.45 bits per heavy atom. The van der Waals surface area contributed by atoms with Crippen LogP contribution in [-0.4, -0.2) is 34.3 Å². The van der Waals surface area contributed by atoms with Crippen molar-refractivity contribution >= 4 is 17.4 Å². The minimum absolute atomic E-state index is 0.121. The van der Waals surface area contributed by atoms with Crippen LogP contribution in [0.2, 0.25) is 5.15 Å². The predicted molar refractivity (Wildman–Crippen MR) is 82.6 cm³/mol. The largest absolute Gasteiger partial charge is 0.395 e. The number of nitrogens with zero attached hydrogens (tertiary/aromatic N) is 3. The Kier molecular flexibility index (Phi) is 5.22. The molecule has 1 aromatic heterocycles. The second-order valence-corrected chi connectivity index (χ2v) is 5.84. The molecule has 0 amide bonds. The molecule has 112 valence electrons. The molecule has 0 atom stereocenters. The van der Waals surface area contributed by atoms with Crippen LogP contribution in [0.1, 0.15) is 56.8 Å². The summed E-state index contributed by atoms with van der Waals surface area (Å²) in [6, 6.07) is 0.374. The van der Waals surface area contributed by atoms with E-state index in [2.05, 4.69) is 23.7 Å². The van der Waals surface area contributed by atoms with Crippen molar-refractivity contribution in [1.82, 2.24) is 9.97 Å². The van der Waals surface area contributed by atoms with Gasteiger partial charge in [0.05, 0.1) is 6.61 Å². The molecule has 0 radical (unpaired) electrons. The van der Waals surface area contributed by atoms with Gasteiger partial charge in [-0.15, -0.1) is 0 Å². The van der Waals surface area contributed by atoms with Crippen molar-refractivity contribution in [1.29, 1.82) is 0 Å². The van der Waals surface area contributed by atoms with Crippen molar-refractivity contribution in [3.8, 4) is 0 Å². The van der Waals surface area contributed by atoms with Gasteiger partial charge in [-0.25, -0.2) is 9.97 Å². The maximum atomic E-state index is 9.37. The van der Waals surface area contributed by atoms with Crippen molar-refractivity contribution in [2.45, 2.75) is 58.4 Å². The van der Waals surface area contributed by atoms with Gasteiger partial charge in [-0.1, -0.05) is 25.4 Å². The molecular weight excluding hydrogens is 274 g/mol. The van der Waals surface area contributed by atoms with Gasteiger partial charge in [0.15, 0.2) is 0 Å². The molecule has 20 heavy (non-hydrogen) atoms. The minimum atomic E-state index is 0.121. The van der Waals surface area contributed by atoms with Gasteiger partial charge in [0.1, 0.15) is 16.8 Å². The van der Waals surface area contributed by atoms with E-state index in [4.69, 9.17) is 16.6 Å². The molecule has 0 saturated heterocycles. The Bertz CT molecular complexity index is 459. The number of aliphatic hydroxyl groups excluding tert-OH is 1. The lowest BCUT2D eigenvalue weighted by molar-refractivity contribution is 0.295. The van der Waals surface area contributed by atoms with Crippen molar-refractivity contribution in [3.05, 3.63) is 16.5 Å². The first-order chi connectivity index (χ1) is 9.62. The fourth-order valence-electron chi connectivity index (χ4n) is 2.60. The molecule has 1 N–H and O–H groups in total. The van der Waals surface area contributed by atoms with Gasteiger partial charge >= 0.3 is 0 Å². The molecule has 5 heteroatoms. The van der Waals surface area contributed by atoms with E-state index >= 15 is 0 Å². The fourth-order valence-corrected chi connectivity index (χ4v) is 2.77. The van der Waals surface area contributed by atoms with Gasteiger partial charge < -0.3 is 10.0 Å². The van der Waals surface area contributed by atoms with E-state index in [9.17, 15) is 5.11 Å². The number of hydrogen-bond donors (Lipinski definition) is 1. The summed E-state index contributed by atoms with van der Waals surface area (Å²) < 4.78 is 0. The lowest BCUT2D eigenvalue weighted by atomic mass is 10.1. The van der Waals surface area contributed by atoms with E-state index in [-0.39, 0.29) is 6.61 Å². The summed E-state index contributed by atoms with van der Waals surface area (Å²) in [4.78, 5) is 11.4. The lowest BCUT2D eigenvalue weighted by Gasteiger charge is -2.32. The van der Waals surface area contributed by atoms with E-state index in [0.29, 0.717) is 23.7 Å². The zero-order chi connectivity index (χ0) is 14.7. The van der Waals surface area contributed by atoms with Crippen molar-refractivity contribution in [2.24, 2.45) is 0 Å². The van der Waals surface area contributed by atoms with E-state index in [0.717, 1.165) is 42.9 Å². The van der Waals surface area contributed by atoms with Gasteiger partial charge in [-0.3, -0.25) is 0 Å². The second-order valence-electron chi connectivity index (χ2n) is 5.48. The topological polar surface area (TPSA) is 49.2 Å².